The van der Waals surface area contributed by atoms with Crippen molar-refractivity contribution in [3.05, 3.63) is 33.7 Å². The number of aromatic nitrogens is 1. The molecule has 90 valence electrons. The monoisotopic (exact) mass is 221 g/mol. The molecule has 1 rings (SSSR count). The van der Waals surface area contributed by atoms with Crippen molar-refractivity contribution < 1.29 is 0 Å². The molecule has 0 amide bonds. The Morgan fingerprint density at radius 1 is 0.938 bits per heavy atom. The van der Waals surface area contributed by atoms with E-state index in [4.69, 9.17) is 0 Å². The first-order chi connectivity index (χ1) is 7.03. The lowest BCUT2D eigenvalue weighted by atomic mass is 9.83. The predicted molar refractivity (Wildman–Crippen MR) is 69.1 cm³/mol. The summed E-state index contributed by atoms with van der Waals surface area (Å²) in [5, 5.41) is 0. The molecule has 2 nitrogen and oxygen atoms in total. The maximum atomic E-state index is 11.9. The molecular weight excluding hydrogens is 198 g/mol. The maximum absolute atomic E-state index is 11.9. The first kappa shape index (κ1) is 13.0. The van der Waals surface area contributed by atoms with Crippen LogP contribution in [0.4, 0.5) is 0 Å². The van der Waals surface area contributed by atoms with E-state index >= 15 is 0 Å². The van der Waals surface area contributed by atoms with Gasteiger partial charge in [0.2, 0.25) is 0 Å². The van der Waals surface area contributed by atoms with E-state index in [0.717, 1.165) is 11.3 Å². The van der Waals surface area contributed by atoms with Gasteiger partial charge in [0, 0.05) is 24.2 Å². The molecule has 0 saturated heterocycles. The van der Waals surface area contributed by atoms with Crippen molar-refractivity contribution in [2.24, 2.45) is 7.05 Å². The molecule has 1 aromatic heterocycles. The summed E-state index contributed by atoms with van der Waals surface area (Å²) in [6.07, 6.45) is 0. The van der Waals surface area contributed by atoms with Crippen LogP contribution >= 0.6 is 0 Å². The Morgan fingerprint density at radius 3 is 1.81 bits per heavy atom. The minimum Gasteiger partial charge on any atom is -0.315 e. The van der Waals surface area contributed by atoms with Crippen LogP contribution in [0.1, 0.15) is 52.8 Å². The van der Waals surface area contributed by atoms with Crippen LogP contribution < -0.4 is 5.56 Å². The van der Waals surface area contributed by atoms with Gasteiger partial charge in [0.05, 0.1) is 0 Å². The summed E-state index contributed by atoms with van der Waals surface area (Å²) in [6.45, 7) is 12.8. The van der Waals surface area contributed by atoms with Gasteiger partial charge in [-0.25, -0.2) is 0 Å². The van der Waals surface area contributed by atoms with Gasteiger partial charge in [-0.3, -0.25) is 4.79 Å². The van der Waals surface area contributed by atoms with Crippen LogP contribution in [0.2, 0.25) is 0 Å². The minimum atomic E-state index is -0.00479. The zero-order valence-electron chi connectivity index (χ0n) is 11.5. The van der Waals surface area contributed by atoms with Gasteiger partial charge in [-0.2, -0.15) is 0 Å². The van der Waals surface area contributed by atoms with Crippen LogP contribution in [-0.2, 0) is 17.9 Å². The lowest BCUT2D eigenvalue weighted by Crippen LogP contribution is -2.29. The van der Waals surface area contributed by atoms with Crippen LogP contribution in [0.25, 0.3) is 0 Å². The van der Waals surface area contributed by atoms with E-state index in [0.29, 0.717) is 0 Å². The molecule has 0 N–H and O–H groups in total. The number of nitrogens with zero attached hydrogens (tertiary/aromatic N) is 1. The van der Waals surface area contributed by atoms with Crippen molar-refractivity contribution >= 4 is 0 Å². The van der Waals surface area contributed by atoms with Crippen molar-refractivity contribution in [1.29, 1.82) is 0 Å². The third-order valence-corrected chi connectivity index (χ3v) is 2.90. The molecule has 0 atom stereocenters. The highest BCUT2D eigenvalue weighted by molar-refractivity contribution is 5.27. The van der Waals surface area contributed by atoms with Gasteiger partial charge in [-0.05, 0) is 17.0 Å². The molecule has 0 aromatic carbocycles. The Balaban J connectivity index is 3.53. The highest BCUT2D eigenvalue weighted by Gasteiger charge is 2.22. The highest BCUT2D eigenvalue weighted by atomic mass is 16.1. The summed E-state index contributed by atoms with van der Waals surface area (Å²) < 4.78 is 1.75. The van der Waals surface area contributed by atoms with Crippen LogP contribution in [0, 0.1) is 0 Å². The lowest BCUT2D eigenvalue weighted by molar-refractivity contribution is 0.518. The predicted octanol–water partition coefficient (Wildman–Crippen LogP) is 2.98. The van der Waals surface area contributed by atoms with Gasteiger partial charge in [0.1, 0.15) is 0 Å². The molecule has 0 aliphatic heterocycles. The van der Waals surface area contributed by atoms with E-state index in [9.17, 15) is 4.79 Å². The van der Waals surface area contributed by atoms with Crippen molar-refractivity contribution in [1.82, 2.24) is 4.57 Å². The average molecular weight is 221 g/mol. The summed E-state index contributed by atoms with van der Waals surface area (Å²) in [5.41, 5.74) is 2.30. The van der Waals surface area contributed by atoms with Gasteiger partial charge in [0.25, 0.3) is 5.56 Å². The molecule has 2 heteroatoms. The molecule has 16 heavy (non-hydrogen) atoms. The summed E-state index contributed by atoms with van der Waals surface area (Å²) >= 11 is 0. The molecule has 1 heterocycles. The first-order valence-electron chi connectivity index (χ1n) is 5.75. The zero-order chi connectivity index (χ0) is 12.7. The van der Waals surface area contributed by atoms with Crippen LogP contribution in [-0.4, -0.2) is 4.57 Å². The maximum Gasteiger partial charge on any atom is 0.250 e. The fourth-order valence-corrected chi connectivity index (χ4v) is 1.79. The second kappa shape index (κ2) is 3.76. The van der Waals surface area contributed by atoms with Crippen LogP contribution in [0.3, 0.4) is 0 Å². The summed E-state index contributed by atoms with van der Waals surface area (Å²) in [7, 11) is 1.84. The third-order valence-electron chi connectivity index (χ3n) is 2.90. The molecule has 0 radical (unpaired) electrons. The normalized spacial score (nSPS) is 12.9. The SMILES string of the molecule is Cn1c(C(C)(C)C)cc(C(C)(C)C)cc1=O. The lowest BCUT2D eigenvalue weighted by Gasteiger charge is -2.26. The van der Waals surface area contributed by atoms with E-state index in [1.165, 1.54) is 0 Å². The molecule has 0 unspecified atom stereocenters. The third kappa shape index (κ3) is 2.55. The Labute approximate surface area is 98.3 Å². The number of rotatable bonds is 0. The van der Waals surface area contributed by atoms with Crippen molar-refractivity contribution in [3.63, 3.8) is 0 Å². The van der Waals surface area contributed by atoms with Gasteiger partial charge in [-0.1, -0.05) is 41.5 Å². The average Bonchev–Trinajstić information content (AvgIpc) is 2.05. The molecule has 0 bridgehead atoms. The zero-order valence-corrected chi connectivity index (χ0v) is 11.5. The van der Waals surface area contributed by atoms with E-state index in [2.05, 4.69) is 47.6 Å². The number of hydrogen-bond acceptors (Lipinski definition) is 1. The fraction of sp³-hybridized carbons (Fsp3) is 0.643. The van der Waals surface area contributed by atoms with Gasteiger partial charge >= 0.3 is 0 Å². The van der Waals surface area contributed by atoms with E-state index in [1.807, 2.05) is 7.05 Å². The van der Waals surface area contributed by atoms with Crippen molar-refractivity contribution in [2.45, 2.75) is 52.4 Å². The van der Waals surface area contributed by atoms with Gasteiger partial charge < -0.3 is 4.57 Å². The second-order valence-corrected chi connectivity index (χ2v) is 6.53. The van der Waals surface area contributed by atoms with Gasteiger partial charge in [0.15, 0.2) is 0 Å². The standard InChI is InChI=1S/C14H23NO/c1-13(2,3)10-8-11(14(4,5)6)15(7)12(16)9-10/h8-9H,1-7H3. The molecule has 0 fully saturated rings. The second-order valence-electron chi connectivity index (χ2n) is 6.53. The first-order valence-corrected chi connectivity index (χ1v) is 5.75. The topological polar surface area (TPSA) is 22.0 Å². The molecule has 0 aliphatic carbocycles. The quantitative estimate of drug-likeness (QED) is 0.660. The largest absolute Gasteiger partial charge is 0.315 e. The molecular formula is C14H23NO. The van der Waals surface area contributed by atoms with Crippen molar-refractivity contribution in [2.75, 3.05) is 0 Å². The highest BCUT2D eigenvalue weighted by Crippen LogP contribution is 2.26. The molecule has 0 aliphatic rings. The Bertz CT molecular complexity index is 441. The minimum absolute atomic E-state index is 0.00479. The van der Waals surface area contributed by atoms with Crippen molar-refractivity contribution in [3.8, 4) is 0 Å². The smallest absolute Gasteiger partial charge is 0.250 e. The van der Waals surface area contributed by atoms with Gasteiger partial charge in [-0.15, -0.1) is 0 Å². The summed E-state index contributed by atoms with van der Waals surface area (Å²) in [5.74, 6) is 0. The summed E-state index contributed by atoms with van der Waals surface area (Å²) in [4.78, 5) is 11.9. The molecule has 0 spiro atoms. The Kier molecular flexibility index (Phi) is 3.06. The molecule has 0 saturated carbocycles. The molecule has 1 aromatic rings. The Morgan fingerprint density at radius 2 is 1.44 bits per heavy atom. The fourth-order valence-electron chi connectivity index (χ4n) is 1.79. The Hall–Kier alpha value is -1.05. The van der Waals surface area contributed by atoms with Crippen LogP contribution in [0.15, 0.2) is 16.9 Å². The van der Waals surface area contributed by atoms with E-state index < -0.39 is 0 Å². The van der Waals surface area contributed by atoms with Crippen LogP contribution in [0.5, 0.6) is 0 Å². The number of pyridine rings is 1. The summed E-state index contributed by atoms with van der Waals surface area (Å²) in [6, 6.07) is 3.90. The van der Waals surface area contributed by atoms with E-state index in [-0.39, 0.29) is 16.4 Å². The number of hydrogen-bond donors (Lipinski definition) is 0. The van der Waals surface area contributed by atoms with E-state index in [1.54, 1.807) is 10.6 Å².